The number of hydrogen-bond acceptors (Lipinski definition) is 5. The van der Waals surface area contributed by atoms with Crippen LogP contribution in [0.3, 0.4) is 0 Å². The third-order valence-corrected chi connectivity index (χ3v) is 3.95. The summed E-state index contributed by atoms with van der Waals surface area (Å²) in [7, 11) is 0. The molecule has 136 valence electrons. The SMILES string of the molecule is O=C(COC(=O)c1ccc(Oc2ccccc2)cc1)NC[C@H]1CCCO1. The minimum Gasteiger partial charge on any atom is -0.457 e. The second-order valence-electron chi connectivity index (χ2n) is 5.95. The van der Waals surface area contributed by atoms with E-state index in [1.807, 2.05) is 30.3 Å². The summed E-state index contributed by atoms with van der Waals surface area (Å²) in [6.45, 7) is 0.870. The van der Waals surface area contributed by atoms with Crippen LogP contribution < -0.4 is 10.1 Å². The fraction of sp³-hybridized carbons (Fsp3) is 0.300. The van der Waals surface area contributed by atoms with Gasteiger partial charge in [-0.05, 0) is 49.2 Å². The first-order chi connectivity index (χ1) is 12.7. The van der Waals surface area contributed by atoms with E-state index in [0.717, 1.165) is 19.4 Å². The van der Waals surface area contributed by atoms with E-state index in [1.165, 1.54) is 0 Å². The van der Waals surface area contributed by atoms with Gasteiger partial charge in [0.25, 0.3) is 5.91 Å². The van der Waals surface area contributed by atoms with Crippen molar-refractivity contribution in [2.75, 3.05) is 19.8 Å². The van der Waals surface area contributed by atoms with Gasteiger partial charge in [0.1, 0.15) is 11.5 Å². The van der Waals surface area contributed by atoms with Crippen LogP contribution in [-0.2, 0) is 14.3 Å². The van der Waals surface area contributed by atoms with E-state index in [9.17, 15) is 9.59 Å². The van der Waals surface area contributed by atoms with Crippen LogP contribution in [0.4, 0.5) is 0 Å². The van der Waals surface area contributed by atoms with Crippen molar-refractivity contribution in [3.05, 3.63) is 60.2 Å². The second-order valence-corrected chi connectivity index (χ2v) is 5.95. The number of carbonyl (C=O) groups is 2. The molecule has 1 amide bonds. The topological polar surface area (TPSA) is 73.9 Å². The predicted molar refractivity (Wildman–Crippen MR) is 95.2 cm³/mol. The quantitative estimate of drug-likeness (QED) is 0.773. The molecule has 0 aromatic heterocycles. The first-order valence-corrected chi connectivity index (χ1v) is 8.59. The van der Waals surface area contributed by atoms with Gasteiger partial charge in [-0.15, -0.1) is 0 Å². The molecule has 1 N–H and O–H groups in total. The molecule has 3 rings (SSSR count). The molecule has 2 aromatic rings. The average Bonchev–Trinajstić information content (AvgIpc) is 3.19. The van der Waals surface area contributed by atoms with Crippen LogP contribution in [0.5, 0.6) is 11.5 Å². The van der Waals surface area contributed by atoms with Gasteiger partial charge in [0, 0.05) is 13.2 Å². The average molecular weight is 355 g/mol. The zero-order chi connectivity index (χ0) is 18.2. The number of hydrogen-bond donors (Lipinski definition) is 1. The molecule has 1 aliphatic rings. The van der Waals surface area contributed by atoms with Gasteiger partial charge < -0.3 is 19.5 Å². The summed E-state index contributed by atoms with van der Waals surface area (Å²) >= 11 is 0. The normalized spacial score (nSPS) is 16.1. The number of esters is 1. The van der Waals surface area contributed by atoms with Crippen molar-refractivity contribution < 1.29 is 23.8 Å². The Bertz CT molecular complexity index is 724. The third-order valence-electron chi connectivity index (χ3n) is 3.95. The van der Waals surface area contributed by atoms with E-state index in [0.29, 0.717) is 23.6 Å². The number of benzene rings is 2. The smallest absolute Gasteiger partial charge is 0.338 e. The maximum Gasteiger partial charge on any atom is 0.338 e. The fourth-order valence-corrected chi connectivity index (χ4v) is 2.58. The fourth-order valence-electron chi connectivity index (χ4n) is 2.58. The van der Waals surface area contributed by atoms with Crippen molar-refractivity contribution in [2.45, 2.75) is 18.9 Å². The molecule has 26 heavy (non-hydrogen) atoms. The predicted octanol–water partition coefficient (Wildman–Crippen LogP) is 2.93. The van der Waals surface area contributed by atoms with E-state index in [4.69, 9.17) is 14.2 Å². The highest BCUT2D eigenvalue weighted by atomic mass is 16.5. The van der Waals surface area contributed by atoms with E-state index in [-0.39, 0.29) is 18.6 Å². The minimum absolute atomic E-state index is 0.0619. The molecular weight excluding hydrogens is 334 g/mol. The molecule has 1 fully saturated rings. The van der Waals surface area contributed by atoms with E-state index in [2.05, 4.69) is 5.32 Å². The lowest BCUT2D eigenvalue weighted by Gasteiger charge is -2.11. The highest BCUT2D eigenvalue weighted by molar-refractivity contribution is 5.91. The van der Waals surface area contributed by atoms with Gasteiger partial charge in [0.15, 0.2) is 6.61 Å². The Balaban J connectivity index is 1.43. The minimum atomic E-state index is -0.552. The third kappa shape index (κ3) is 5.32. The van der Waals surface area contributed by atoms with Crippen molar-refractivity contribution in [3.8, 4) is 11.5 Å². The van der Waals surface area contributed by atoms with E-state index >= 15 is 0 Å². The molecule has 2 aromatic carbocycles. The molecule has 1 saturated heterocycles. The van der Waals surface area contributed by atoms with Gasteiger partial charge in [-0.3, -0.25) is 4.79 Å². The van der Waals surface area contributed by atoms with E-state index < -0.39 is 5.97 Å². The lowest BCUT2D eigenvalue weighted by atomic mass is 10.2. The lowest BCUT2D eigenvalue weighted by molar-refractivity contribution is -0.124. The summed E-state index contributed by atoms with van der Waals surface area (Å²) in [6.07, 6.45) is 2.02. The Kier molecular flexibility index (Phi) is 6.22. The molecule has 0 saturated carbocycles. The lowest BCUT2D eigenvalue weighted by Crippen LogP contribution is -2.34. The second kappa shape index (κ2) is 9.01. The van der Waals surface area contributed by atoms with Crippen molar-refractivity contribution in [1.82, 2.24) is 5.32 Å². The largest absolute Gasteiger partial charge is 0.457 e. The molecule has 1 atom stereocenters. The molecule has 1 heterocycles. The molecule has 0 aliphatic carbocycles. The maximum absolute atomic E-state index is 12.0. The van der Waals surface area contributed by atoms with Crippen molar-refractivity contribution >= 4 is 11.9 Å². The molecule has 6 nitrogen and oxygen atoms in total. The van der Waals surface area contributed by atoms with Crippen molar-refractivity contribution in [1.29, 1.82) is 0 Å². The number of rotatable bonds is 7. The summed E-state index contributed by atoms with van der Waals surface area (Å²) in [5, 5.41) is 2.71. The zero-order valence-corrected chi connectivity index (χ0v) is 14.4. The van der Waals surface area contributed by atoms with Crippen molar-refractivity contribution in [2.24, 2.45) is 0 Å². The number of ether oxygens (including phenoxy) is 3. The summed E-state index contributed by atoms with van der Waals surface area (Å²) in [5.41, 5.74) is 0.359. The summed E-state index contributed by atoms with van der Waals surface area (Å²) in [4.78, 5) is 23.7. The molecule has 1 aliphatic heterocycles. The molecule has 0 spiro atoms. The zero-order valence-electron chi connectivity index (χ0n) is 14.4. The number of nitrogens with one attached hydrogen (secondary N) is 1. The van der Waals surface area contributed by atoms with Crippen LogP contribution in [0.2, 0.25) is 0 Å². The van der Waals surface area contributed by atoms with Gasteiger partial charge >= 0.3 is 5.97 Å². The van der Waals surface area contributed by atoms with Crippen LogP contribution in [0.1, 0.15) is 23.2 Å². The van der Waals surface area contributed by atoms with Crippen LogP contribution >= 0.6 is 0 Å². The first kappa shape index (κ1) is 17.9. The number of carbonyl (C=O) groups excluding carboxylic acids is 2. The highest BCUT2D eigenvalue weighted by Gasteiger charge is 2.17. The van der Waals surface area contributed by atoms with Gasteiger partial charge in [-0.1, -0.05) is 18.2 Å². The van der Waals surface area contributed by atoms with Gasteiger partial charge in [-0.25, -0.2) is 4.79 Å². The molecular formula is C20H21NO5. The Morgan fingerprint density at radius 1 is 1.04 bits per heavy atom. The van der Waals surface area contributed by atoms with Crippen LogP contribution in [0.25, 0.3) is 0 Å². The van der Waals surface area contributed by atoms with Gasteiger partial charge in [0.05, 0.1) is 11.7 Å². The Hall–Kier alpha value is -2.86. The van der Waals surface area contributed by atoms with Crippen molar-refractivity contribution in [3.63, 3.8) is 0 Å². The van der Waals surface area contributed by atoms with Crippen LogP contribution in [0, 0.1) is 0 Å². The Morgan fingerprint density at radius 2 is 1.77 bits per heavy atom. The summed E-state index contributed by atoms with van der Waals surface area (Å²) < 4.78 is 16.1. The highest BCUT2D eigenvalue weighted by Crippen LogP contribution is 2.21. The van der Waals surface area contributed by atoms with Gasteiger partial charge in [0.2, 0.25) is 0 Å². The maximum atomic E-state index is 12.0. The molecule has 0 bridgehead atoms. The molecule has 0 radical (unpaired) electrons. The van der Waals surface area contributed by atoms with Gasteiger partial charge in [-0.2, -0.15) is 0 Å². The van der Waals surface area contributed by atoms with Crippen LogP contribution in [0.15, 0.2) is 54.6 Å². The van der Waals surface area contributed by atoms with Crippen LogP contribution in [-0.4, -0.2) is 37.7 Å². The Morgan fingerprint density at radius 3 is 2.46 bits per heavy atom. The summed E-state index contributed by atoms with van der Waals surface area (Å²) in [6, 6.07) is 15.9. The number of para-hydroxylation sites is 1. The molecule has 6 heteroatoms. The summed E-state index contributed by atoms with van der Waals surface area (Å²) in [5.74, 6) is 0.439. The first-order valence-electron chi connectivity index (χ1n) is 8.59. The van der Waals surface area contributed by atoms with E-state index in [1.54, 1.807) is 24.3 Å². The number of amides is 1. The standard InChI is InChI=1S/C20H21NO5/c22-19(21-13-18-7-4-12-24-18)14-25-20(23)15-8-10-17(11-9-15)26-16-5-2-1-3-6-16/h1-3,5-6,8-11,18H,4,7,12-14H2,(H,21,22)/t18-/m1/s1. The monoisotopic (exact) mass is 355 g/mol. The Labute approximate surface area is 152 Å². The molecule has 0 unspecified atom stereocenters.